The minimum atomic E-state index is -5.99. The SMILES string of the molecule is ON=CC(O)(C(F)(F)F)C(F)(F)F. The highest BCUT2D eigenvalue weighted by molar-refractivity contribution is 5.70. The first-order chi connectivity index (χ1) is 5.56. The molecule has 0 amide bonds. The molecule has 9 heteroatoms. The van der Waals surface area contributed by atoms with Crippen LogP contribution in [0, 0.1) is 0 Å². The quantitative estimate of drug-likeness (QED) is 0.297. The van der Waals surface area contributed by atoms with E-state index in [2.05, 4.69) is 0 Å². The molecule has 0 rings (SSSR count). The standard InChI is InChI=1S/C4H3F6NO2/c5-3(6,7)2(12,1-11-13)4(8,9)10/h1,12-13H. The predicted molar refractivity (Wildman–Crippen MR) is 27.3 cm³/mol. The molecule has 0 aromatic heterocycles. The molecule has 78 valence electrons. The molecular weight excluding hydrogens is 208 g/mol. The van der Waals surface area contributed by atoms with Gasteiger partial charge in [0.25, 0.3) is 5.60 Å². The number of aliphatic hydroxyl groups is 1. The summed E-state index contributed by atoms with van der Waals surface area (Å²) in [6, 6.07) is 0. The van der Waals surface area contributed by atoms with E-state index in [1.54, 1.807) is 0 Å². The largest absolute Gasteiger partial charge is 0.431 e. The minimum absolute atomic E-state index is 1.03. The second kappa shape index (κ2) is 3.05. The number of alkyl halides is 6. The van der Waals surface area contributed by atoms with Gasteiger partial charge in [-0.25, -0.2) is 0 Å². The lowest BCUT2D eigenvalue weighted by Gasteiger charge is -2.27. The van der Waals surface area contributed by atoms with Gasteiger partial charge in [0.05, 0.1) is 6.21 Å². The van der Waals surface area contributed by atoms with E-state index in [1.165, 1.54) is 5.16 Å². The molecule has 0 spiro atoms. The van der Waals surface area contributed by atoms with Gasteiger partial charge in [-0.15, -0.1) is 0 Å². The van der Waals surface area contributed by atoms with Crippen LogP contribution < -0.4 is 0 Å². The van der Waals surface area contributed by atoms with Crippen LogP contribution in [0.4, 0.5) is 26.3 Å². The summed E-state index contributed by atoms with van der Waals surface area (Å²) in [5, 5.41) is 17.2. The average Bonchev–Trinajstić information content (AvgIpc) is 1.82. The second-order valence-electron chi connectivity index (χ2n) is 2.01. The fourth-order valence-corrected chi connectivity index (χ4v) is 0.391. The van der Waals surface area contributed by atoms with Crippen LogP contribution in [0.25, 0.3) is 0 Å². The molecular formula is C4H3F6NO2. The Morgan fingerprint density at radius 2 is 1.23 bits per heavy atom. The molecule has 0 fully saturated rings. The number of halogens is 6. The third-order valence-corrected chi connectivity index (χ3v) is 1.11. The van der Waals surface area contributed by atoms with Crippen molar-refractivity contribution in [3.63, 3.8) is 0 Å². The summed E-state index contributed by atoms with van der Waals surface area (Å²) in [4.78, 5) is 0. The van der Waals surface area contributed by atoms with Crippen LogP contribution in [-0.4, -0.2) is 34.5 Å². The van der Waals surface area contributed by atoms with Crippen molar-refractivity contribution in [3.05, 3.63) is 0 Å². The van der Waals surface area contributed by atoms with Crippen molar-refractivity contribution in [1.29, 1.82) is 0 Å². The van der Waals surface area contributed by atoms with Crippen LogP contribution in [0.5, 0.6) is 0 Å². The minimum Gasteiger partial charge on any atom is -0.411 e. The molecule has 0 aliphatic rings. The number of nitrogens with zero attached hydrogens (tertiary/aromatic N) is 1. The van der Waals surface area contributed by atoms with Crippen molar-refractivity contribution in [3.8, 4) is 0 Å². The van der Waals surface area contributed by atoms with Crippen molar-refractivity contribution in [2.75, 3.05) is 0 Å². The summed E-state index contributed by atoms with van der Waals surface area (Å²) < 4.78 is 69.7. The Morgan fingerprint density at radius 1 is 0.923 bits per heavy atom. The number of rotatable bonds is 1. The van der Waals surface area contributed by atoms with Gasteiger partial charge in [-0.05, 0) is 0 Å². The molecule has 0 bridgehead atoms. The Bertz CT molecular complexity index is 192. The maximum atomic E-state index is 11.6. The Morgan fingerprint density at radius 3 is 1.31 bits per heavy atom. The lowest BCUT2D eigenvalue weighted by Crippen LogP contribution is -2.58. The van der Waals surface area contributed by atoms with Crippen LogP contribution in [0.15, 0.2) is 5.16 Å². The normalized spacial score (nSPS) is 15.3. The predicted octanol–water partition coefficient (Wildman–Crippen LogP) is 1.30. The topological polar surface area (TPSA) is 52.8 Å². The van der Waals surface area contributed by atoms with E-state index < -0.39 is 24.2 Å². The molecule has 0 aromatic rings. The zero-order valence-electron chi connectivity index (χ0n) is 5.69. The second-order valence-corrected chi connectivity index (χ2v) is 2.01. The third kappa shape index (κ3) is 2.02. The molecule has 0 aliphatic heterocycles. The fourth-order valence-electron chi connectivity index (χ4n) is 0.391. The Labute approximate surface area is 67.3 Å². The zero-order valence-corrected chi connectivity index (χ0v) is 5.69. The highest BCUT2D eigenvalue weighted by Gasteiger charge is 2.70. The first kappa shape index (κ1) is 12.0. The maximum Gasteiger partial charge on any atom is 0.431 e. The maximum absolute atomic E-state index is 11.6. The summed E-state index contributed by atoms with van der Waals surface area (Å²) in [5.74, 6) is 0. The summed E-state index contributed by atoms with van der Waals surface area (Å²) in [6.07, 6.45) is -13.0. The first-order valence-electron chi connectivity index (χ1n) is 2.60. The molecule has 0 unspecified atom stereocenters. The Balaban J connectivity index is 5.21. The van der Waals surface area contributed by atoms with Crippen molar-refractivity contribution in [1.82, 2.24) is 0 Å². The van der Waals surface area contributed by atoms with E-state index in [-0.39, 0.29) is 0 Å². The summed E-state index contributed by atoms with van der Waals surface area (Å²) in [7, 11) is 0. The molecule has 0 heterocycles. The molecule has 0 atom stereocenters. The van der Waals surface area contributed by atoms with Gasteiger partial charge in [-0.2, -0.15) is 26.3 Å². The highest BCUT2D eigenvalue weighted by atomic mass is 19.4. The molecule has 3 nitrogen and oxygen atoms in total. The molecule has 2 N–H and O–H groups in total. The van der Waals surface area contributed by atoms with Crippen LogP contribution in [-0.2, 0) is 0 Å². The van der Waals surface area contributed by atoms with Gasteiger partial charge in [0, 0.05) is 0 Å². The molecule has 0 saturated carbocycles. The van der Waals surface area contributed by atoms with Gasteiger partial charge in [0.1, 0.15) is 0 Å². The molecule has 0 radical (unpaired) electrons. The van der Waals surface area contributed by atoms with E-state index in [0.29, 0.717) is 0 Å². The van der Waals surface area contributed by atoms with Crippen LogP contribution in [0.2, 0.25) is 0 Å². The average molecular weight is 211 g/mol. The van der Waals surface area contributed by atoms with E-state index in [9.17, 15) is 26.3 Å². The molecule has 0 saturated heterocycles. The monoisotopic (exact) mass is 211 g/mol. The summed E-state index contributed by atoms with van der Waals surface area (Å²) in [5.41, 5.74) is -5.12. The number of hydrogen-bond acceptors (Lipinski definition) is 3. The first-order valence-corrected chi connectivity index (χ1v) is 2.60. The fraction of sp³-hybridized carbons (Fsp3) is 0.750. The van der Waals surface area contributed by atoms with Gasteiger partial charge in [0.2, 0.25) is 0 Å². The van der Waals surface area contributed by atoms with Crippen molar-refractivity contribution in [2.45, 2.75) is 18.0 Å². The van der Waals surface area contributed by atoms with E-state index in [4.69, 9.17) is 10.3 Å². The van der Waals surface area contributed by atoms with Crippen LogP contribution in [0.3, 0.4) is 0 Å². The van der Waals surface area contributed by atoms with Crippen LogP contribution >= 0.6 is 0 Å². The summed E-state index contributed by atoms with van der Waals surface area (Å²) >= 11 is 0. The van der Waals surface area contributed by atoms with E-state index in [1.807, 2.05) is 0 Å². The van der Waals surface area contributed by atoms with Crippen molar-refractivity contribution in [2.24, 2.45) is 5.16 Å². The van der Waals surface area contributed by atoms with E-state index >= 15 is 0 Å². The zero-order chi connectivity index (χ0) is 10.9. The molecule has 0 aromatic carbocycles. The van der Waals surface area contributed by atoms with Crippen molar-refractivity contribution < 1.29 is 36.7 Å². The van der Waals surface area contributed by atoms with Gasteiger partial charge in [-0.1, -0.05) is 5.16 Å². The summed E-state index contributed by atoms with van der Waals surface area (Å²) in [6.45, 7) is 0. The smallest absolute Gasteiger partial charge is 0.411 e. The van der Waals surface area contributed by atoms with Gasteiger partial charge in [0.15, 0.2) is 0 Å². The van der Waals surface area contributed by atoms with E-state index in [0.717, 1.165) is 0 Å². The van der Waals surface area contributed by atoms with Crippen molar-refractivity contribution >= 4 is 6.21 Å². The number of oxime groups is 1. The highest BCUT2D eigenvalue weighted by Crippen LogP contribution is 2.41. The number of hydrogen-bond donors (Lipinski definition) is 2. The molecule has 13 heavy (non-hydrogen) atoms. The van der Waals surface area contributed by atoms with Crippen LogP contribution in [0.1, 0.15) is 0 Å². The Kier molecular flexibility index (Phi) is 2.82. The van der Waals surface area contributed by atoms with Gasteiger partial charge in [-0.3, -0.25) is 0 Å². The molecule has 0 aliphatic carbocycles. The lowest BCUT2D eigenvalue weighted by atomic mass is 10.1. The lowest BCUT2D eigenvalue weighted by molar-refractivity contribution is -0.336. The van der Waals surface area contributed by atoms with Gasteiger partial charge >= 0.3 is 12.4 Å². The van der Waals surface area contributed by atoms with Gasteiger partial charge < -0.3 is 10.3 Å². The third-order valence-electron chi connectivity index (χ3n) is 1.11. The Hall–Kier alpha value is -0.990.